The summed E-state index contributed by atoms with van der Waals surface area (Å²) in [4.78, 5) is 0. The molecule has 0 aliphatic carbocycles. The SMILES string of the molecule is CCCCCCCCCOC(CCCCCCCCCCCC=CC(OCCCCCCC)OC(C=CCCCCCCCCCCCC(OCCCCCCCCC)OCCCCCCCCC)OCCCCCCC)OCCCCCCCCC. The smallest absolute Gasteiger partial charge is 0.180 e. The van der Waals surface area contributed by atoms with Crippen molar-refractivity contribution >= 4 is 0 Å². The Morgan fingerprint density at radius 3 is 0.609 bits per heavy atom. The Hall–Kier alpha value is -0.800. The van der Waals surface area contributed by atoms with Crippen molar-refractivity contribution < 1.29 is 33.2 Å². The van der Waals surface area contributed by atoms with Crippen LogP contribution >= 0.6 is 0 Å². The third-order valence-corrected chi connectivity index (χ3v) is 17.7. The van der Waals surface area contributed by atoms with Gasteiger partial charge < -0.3 is 33.2 Å². The molecule has 0 saturated heterocycles. The summed E-state index contributed by atoms with van der Waals surface area (Å²) in [6, 6.07) is 0. The van der Waals surface area contributed by atoms with Gasteiger partial charge in [-0.3, -0.25) is 0 Å². The molecule has 520 valence electrons. The summed E-state index contributed by atoms with van der Waals surface area (Å²) in [5, 5.41) is 0. The molecule has 0 heterocycles. The molecule has 0 amide bonds. The molecule has 2 unspecified atom stereocenters. The number of hydrogen-bond donors (Lipinski definition) is 0. The molecule has 0 aromatic rings. The van der Waals surface area contributed by atoms with Crippen molar-refractivity contribution in [2.45, 2.75) is 452 Å². The first-order valence-electron chi connectivity index (χ1n) is 39.8. The van der Waals surface area contributed by atoms with Crippen molar-refractivity contribution in [3.63, 3.8) is 0 Å². The average Bonchev–Trinajstić information content (AvgIpc) is 3.54. The Balaban J connectivity index is 4.83. The Bertz CT molecular complexity index is 1140. The number of rotatable bonds is 78. The number of ether oxygens (including phenoxy) is 7. The molecule has 87 heavy (non-hydrogen) atoms. The normalized spacial score (nSPS) is 12.9. The molecule has 0 N–H and O–H groups in total. The second-order valence-electron chi connectivity index (χ2n) is 26.6. The van der Waals surface area contributed by atoms with E-state index in [9.17, 15) is 0 Å². The molecule has 0 aliphatic heterocycles. The highest BCUT2D eigenvalue weighted by molar-refractivity contribution is 4.90. The first-order valence-corrected chi connectivity index (χ1v) is 39.8. The van der Waals surface area contributed by atoms with Gasteiger partial charge in [0, 0.05) is 26.4 Å². The zero-order valence-corrected chi connectivity index (χ0v) is 60.1. The standard InChI is InChI=1S/C80H158O7/c1-7-13-19-25-43-53-63-71-81-77(82-72-64-54-44-26-20-14-8-2)67-57-47-39-35-31-29-33-37-41-49-59-69-79(85-75-61-51-23-17-11-5)87-80(86-76-62-52-24-18-12-6)70-60-50-42-38-34-30-32-36-40-48-58-68-78(83-73-65-55-45-27-21-15-9-3)84-74-66-56-46-28-22-16-10-4/h59-60,69-70,77-80H,7-58,61-68,71-76H2,1-6H3. The van der Waals surface area contributed by atoms with E-state index < -0.39 is 0 Å². The van der Waals surface area contributed by atoms with Crippen molar-refractivity contribution in [2.75, 3.05) is 39.6 Å². The molecule has 0 saturated carbocycles. The fourth-order valence-corrected chi connectivity index (χ4v) is 11.8. The van der Waals surface area contributed by atoms with Crippen LogP contribution in [0.25, 0.3) is 0 Å². The average molecular weight is 1230 g/mol. The van der Waals surface area contributed by atoms with Crippen LogP contribution in [0, 0.1) is 0 Å². The number of allylic oxidation sites excluding steroid dienone is 2. The lowest BCUT2D eigenvalue weighted by Gasteiger charge is -2.22. The highest BCUT2D eigenvalue weighted by atomic mass is 16.8. The van der Waals surface area contributed by atoms with Crippen molar-refractivity contribution in [2.24, 2.45) is 0 Å². The zero-order chi connectivity index (χ0) is 62.8. The highest BCUT2D eigenvalue weighted by Gasteiger charge is 2.15. The highest BCUT2D eigenvalue weighted by Crippen LogP contribution is 2.20. The van der Waals surface area contributed by atoms with E-state index in [2.05, 4.69) is 65.8 Å². The summed E-state index contributed by atoms with van der Waals surface area (Å²) in [7, 11) is 0. The fourth-order valence-electron chi connectivity index (χ4n) is 11.8. The lowest BCUT2D eigenvalue weighted by molar-refractivity contribution is -0.208. The van der Waals surface area contributed by atoms with Gasteiger partial charge in [-0.15, -0.1) is 0 Å². The quantitative estimate of drug-likeness (QED) is 0.0341. The largest absolute Gasteiger partial charge is 0.353 e. The summed E-state index contributed by atoms with van der Waals surface area (Å²) < 4.78 is 44.9. The minimum absolute atomic E-state index is 0.00732. The van der Waals surface area contributed by atoms with Crippen LogP contribution in [0.5, 0.6) is 0 Å². The van der Waals surface area contributed by atoms with E-state index in [1.807, 2.05) is 0 Å². The molecule has 0 aliphatic rings. The molecule has 0 aromatic heterocycles. The van der Waals surface area contributed by atoms with Crippen molar-refractivity contribution in [1.82, 2.24) is 0 Å². The fraction of sp³-hybridized carbons (Fsp3) is 0.950. The van der Waals surface area contributed by atoms with Crippen LogP contribution < -0.4 is 0 Å². The third-order valence-electron chi connectivity index (χ3n) is 17.7. The minimum Gasteiger partial charge on any atom is -0.353 e. The molecule has 0 spiro atoms. The first-order chi connectivity index (χ1) is 43.1. The molecular formula is C80H158O7. The van der Waals surface area contributed by atoms with Gasteiger partial charge in [-0.05, 0) is 102 Å². The van der Waals surface area contributed by atoms with Gasteiger partial charge in [0.1, 0.15) is 0 Å². The molecule has 0 radical (unpaired) electrons. The van der Waals surface area contributed by atoms with Crippen LogP contribution in [0.15, 0.2) is 24.3 Å². The van der Waals surface area contributed by atoms with Gasteiger partial charge in [0.05, 0.1) is 13.2 Å². The summed E-state index contributed by atoms with van der Waals surface area (Å²) in [6.45, 7) is 18.6. The van der Waals surface area contributed by atoms with Gasteiger partial charge in [0.2, 0.25) is 0 Å². The van der Waals surface area contributed by atoms with Gasteiger partial charge >= 0.3 is 0 Å². The van der Waals surface area contributed by atoms with E-state index in [0.29, 0.717) is 0 Å². The maximum Gasteiger partial charge on any atom is 0.180 e. The summed E-state index contributed by atoms with van der Waals surface area (Å²) >= 11 is 0. The van der Waals surface area contributed by atoms with Gasteiger partial charge in [0.25, 0.3) is 0 Å². The van der Waals surface area contributed by atoms with Gasteiger partial charge in [-0.1, -0.05) is 349 Å². The van der Waals surface area contributed by atoms with Gasteiger partial charge in [-0.2, -0.15) is 0 Å². The Kier molecular flexibility index (Phi) is 76.9. The monoisotopic (exact) mass is 1230 g/mol. The van der Waals surface area contributed by atoms with E-state index in [1.165, 1.54) is 347 Å². The van der Waals surface area contributed by atoms with Crippen LogP contribution in [0.3, 0.4) is 0 Å². The van der Waals surface area contributed by atoms with E-state index in [-0.39, 0.29) is 25.2 Å². The summed E-state index contributed by atoms with van der Waals surface area (Å²) in [6.07, 6.45) is 85.3. The van der Waals surface area contributed by atoms with Gasteiger partial charge in [0.15, 0.2) is 25.2 Å². The van der Waals surface area contributed by atoms with E-state index >= 15 is 0 Å². The van der Waals surface area contributed by atoms with Crippen LogP contribution in [-0.2, 0) is 33.2 Å². The Morgan fingerprint density at radius 2 is 0.379 bits per heavy atom. The number of unbranched alkanes of at least 4 members (excludes halogenated alkanes) is 50. The third kappa shape index (κ3) is 70.9. The van der Waals surface area contributed by atoms with Crippen LogP contribution in [0.2, 0.25) is 0 Å². The van der Waals surface area contributed by atoms with Crippen molar-refractivity contribution in [1.29, 1.82) is 0 Å². The predicted molar refractivity (Wildman–Crippen MR) is 381 cm³/mol. The predicted octanol–water partition coefficient (Wildman–Crippen LogP) is 27.0. The topological polar surface area (TPSA) is 64.6 Å². The van der Waals surface area contributed by atoms with Gasteiger partial charge in [-0.25, -0.2) is 0 Å². The zero-order valence-electron chi connectivity index (χ0n) is 60.1. The minimum atomic E-state index is -0.378. The molecule has 7 heteroatoms. The lowest BCUT2D eigenvalue weighted by Crippen LogP contribution is -2.25. The molecule has 2 atom stereocenters. The van der Waals surface area contributed by atoms with Crippen LogP contribution in [0.4, 0.5) is 0 Å². The second-order valence-corrected chi connectivity index (χ2v) is 26.6. The Labute approximate surface area is 546 Å². The molecular weight excluding hydrogens is 1070 g/mol. The van der Waals surface area contributed by atoms with E-state index in [0.717, 1.165) is 78.2 Å². The second kappa shape index (κ2) is 77.6. The van der Waals surface area contributed by atoms with E-state index in [1.54, 1.807) is 0 Å². The molecule has 0 aromatic carbocycles. The summed E-state index contributed by atoms with van der Waals surface area (Å²) in [5.74, 6) is 0. The summed E-state index contributed by atoms with van der Waals surface area (Å²) in [5.41, 5.74) is 0. The number of hydrogen-bond acceptors (Lipinski definition) is 7. The van der Waals surface area contributed by atoms with Crippen LogP contribution in [0.1, 0.15) is 427 Å². The van der Waals surface area contributed by atoms with E-state index in [4.69, 9.17) is 33.2 Å². The maximum absolute atomic E-state index is 6.65. The molecule has 0 fully saturated rings. The maximum atomic E-state index is 6.65. The van der Waals surface area contributed by atoms with Crippen molar-refractivity contribution in [3.05, 3.63) is 24.3 Å². The molecule has 7 nitrogen and oxygen atoms in total. The lowest BCUT2D eigenvalue weighted by atomic mass is 10.1. The van der Waals surface area contributed by atoms with Crippen LogP contribution in [-0.4, -0.2) is 64.8 Å². The first kappa shape index (κ1) is 86.2. The molecule has 0 rings (SSSR count). The molecule has 0 bridgehead atoms. The Morgan fingerprint density at radius 1 is 0.195 bits per heavy atom. The van der Waals surface area contributed by atoms with Crippen molar-refractivity contribution in [3.8, 4) is 0 Å².